The van der Waals surface area contributed by atoms with Crippen LogP contribution in [0.15, 0.2) is 30.3 Å². The highest BCUT2D eigenvalue weighted by atomic mass is 16.6. The lowest BCUT2D eigenvalue weighted by molar-refractivity contribution is -0.144. The second-order valence-corrected chi connectivity index (χ2v) is 5.15. The minimum atomic E-state index is -0.884. The molecule has 0 bridgehead atoms. The van der Waals surface area contributed by atoms with Crippen molar-refractivity contribution in [3.63, 3.8) is 0 Å². The Balaban J connectivity index is 2.18. The van der Waals surface area contributed by atoms with E-state index in [0.29, 0.717) is 0 Å². The Morgan fingerprint density at radius 3 is 2.35 bits per heavy atom. The predicted molar refractivity (Wildman–Crippen MR) is 92.6 cm³/mol. The van der Waals surface area contributed by atoms with Gasteiger partial charge in [0.05, 0.1) is 13.0 Å². The third kappa shape index (κ3) is 8.67. The van der Waals surface area contributed by atoms with E-state index in [-0.39, 0.29) is 38.7 Å². The first-order valence-electron chi connectivity index (χ1n) is 8.01. The number of nitrogens with one attached hydrogen (secondary N) is 2. The van der Waals surface area contributed by atoms with Crippen molar-refractivity contribution in [2.45, 2.75) is 13.3 Å². The van der Waals surface area contributed by atoms with Gasteiger partial charge in [-0.1, -0.05) is 30.3 Å². The number of carbonyl (C=O) groups excluding carboxylic acids is 3. The molecule has 1 aromatic rings. The lowest BCUT2D eigenvalue weighted by Crippen LogP contribution is -2.44. The number of hydrogen-bond acceptors (Lipinski definition) is 7. The molecular weight excluding hydrogens is 342 g/mol. The Hall–Kier alpha value is -3.10. The predicted octanol–water partition coefficient (Wildman–Crippen LogP) is 0.928. The van der Waals surface area contributed by atoms with Crippen LogP contribution < -0.4 is 5.32 Å². The average Bonchev–Trinajstić information content (AvgIpc) is 2.59. The normalized spacial score (nSPS) is 9.77. The molecule has 0 fully saturated rings. The molecule has 1 amide bonds. The van der Waals surface area contributed by atoms with Crippen LogP contribution in [0.4, 0.5) is 4.79 Å². The number of amides is 1. The Morgan fingerprint density at radius 2 is 1.69 bits per heavy atom. The Kier molecular flexibility index (Phi) is 9.23. The van der Waals surface area contributed by atoms with E-state index in [1.807, 2.05) is 30.3 Å². The number of esters is 2. The molecule has 0 atom stereocenters. The first kappa shape index (κ1) is 20.9. The van der Waals surface area contributed by atoms with Crippen molar-refractivity contribution in [2.24, 2.45) is 0 Å². The molecule has 0 aromatic heterocycles. The number of guanidine groups is 1. The number of alkyl carbamates (subject to hydrolysis) is 1. The zero-order valence-electron chi connectivity index (χ0n) is 14.8. The van der Waals surface area contributed by atoms with Crippen LogP contribution in [0.2, 0.25) is 0 Å². The summed E-state index contributed by atoms with van der Waals surface area (Å²) in [5, 5.41) is 9.80. The number of rotatable bonds is 8. The first-order valence-corrected chi connectivity index (χ1v) is 8.01. The molecule has 0 heterocycles. The maximum absolute atomic E-state index is 11.6. The van der Waals surface area contributed by atoms with E-state index in [1.54, 1.807) is 6.92 Å². The van der Waals surface area contributed by atoms with Crippen LogP contribution in [-0.4, -0.2) is 62.3 Å². The molecule has 0 aliphatic rings. The molecule has 0 saturated heterocycles. The van der Waals surface area contributed by atoms with Gasteiger partial charge in [-0.05, 0) is 12.5 Å². The van der Waals surface area contributed by atoms with Crippen molar-refractivity contribution in [3.05, 3.63) is 35.9 Å². The quantitative estimate of drug-likeness (QED) is 0.231. The summed E-state index contributed by atoms with van der Waals surface area (Å²) in [5.41, 5.74) is 0.828. The van der Waals surface area contributed by atoms with E-state index in [1.165, 1.54) is 11.9 Å². The van der Waals surface area contributed by atoms with Gasteiger partial charge in [-0.25, -0.2) is 4.79 Å². The summed E-state index contributed by atoms with van der Waals surface area (Å²) in [6.45, 7) is 1.49. The highest BCUT2D eigenvalue weighted by Crippen LogP contribution is 2.00. The van der Waals surface area contributed by atoms with E-state index in [4.69, 9.17) is 19.6 Å². The second kappa shape index (κ2) is 11.5. The van der Waals surface area contributed by atoms with Gasteiger partial charge in [0.2, 0.25) is 5.96 Å². The lowest BCUT2D eigenvalue weighted by atomic mass is 10.2. The van der Waals surface area contributed by atoms with Gasteiger partial charge in [0.1, 0.15) is 19.8 Å². The number of carbonyl (C=O) groups is 3. The maximum atomic E-state index is 11.6. The SMILES string of the molecule is CCOC(=O)CN(C)C(=N)NC(=O)OCCOC(=O)Cc1ccccc1. The number of benzene rings is 1. The van der Waals surface area contributed by atoms with E-state index in [9.17, 15) is 14.4 Å². The molecule has 0 aliphatic carbocycles. The molecule has 0 spiro atoms. The second-order valence-electron chi connectivity index (χ2n) is 5.15. The summed E-state index contributed by atoms with van der Waals surface area (Å²) in [5.74, 6) is -1.26. The molecule has 0 saturated carbocycles. The minimum absolute atomic E-state index is 0.0922. The zero-order chi connectivity index (χ0) is 19.4. The van der Waals surface area contributed by atoms with E-state index < -0.39 is 18.0 Å². The maximum Gasteiger partial charge on any atom is 0.414 e. The fraction of sp³-hybridized carbons (Fsp3) is 0.412. The largest absolute Gasteiger partial charge is 0.465 e. The van der Waals surface area contributed by atoms with E-state index >= 15 is 0 Å². The van der Waals surface area contributed by atoms with Gasteiger partial charge in [-0.3, -0.25) is 20.3 Å². The Labute approximate surface area is 151 Å². The minimum Gasteiger partial charge on any atom is -0.465 e. The molecule has 0 aliphatic heterocycles. The van der Waals surface area contributed by atoms with Gasteiger partial charge in [0.25, 0.3) is 0 Å². The molecule has 1 aromatic carbocycles. The van der Waals surface area contributed by atoms with Crippen molar-refractivity contribution in [2.75, 3.05) is 33.4 Å². The van der Waals surface area contributed by atoms with Crippen LogP contribution in [0.5, 0.6) is 0 Å². The Bertz CT molecular complexity index is 620. The zero-order valence-corrected chi connectivity index (χ0v) is 14.8. The summed E-state index contributed by atoms with van der Waals surface area (Å²) in [7, 11) is 1.45. The summed E-state index contributed by atoms with van der Waals surface area (Å²) in [6.07, 6.45) is -0.749. The van der Waals surface area contributed by atoms with Gasteiger partial charge >= 0.3 is 18.0 Å². The fourth-order valence-electron chi connectivity index (χ4n) is 1.81. The molecule has 2 N–H and O–H groups in total. The number of nitrogens with zero attached hydrogens (tertiary/aromatic N) is 1. The van der Waals surface area contributed by atoms with Crippen LogP contribution in [0.3, 0.4) is 0 Å². The highest BCUT2D eigenvalue weighted by molar-refractivity contribution is 5.93. The molecule has 9 heteroatoms. The molecule has 0 unspecified atom stereocenters. The molecule has 9 nitrogen and oxygen atoms in total. The van der Waals surface area contributed by atoms with Gasteiger partial charge in [-0.2, -0.15) is 0 Å². The summed E-state index contributed by atoms with van der Waals surface area (Å²) >= 11 is 0. The number of ether oxygens (including phenoxy) is 3. The van der Waals surface area contributed by atoms with Crippen LogP contribution >= 0.6 is 0 Å². The summed E-state index contributed by atoms with van der Waals surface area (Å²) in [6, 6.07) is 9.12. The third-order valence-electron chi connectivity index (χ3n) is 3.04. The lowest BCUT2D eigenvalue weighted by Gasteiger charge is -2.18. The fourth-order valence-corrected chi connectivity index (χ4v) is 1.81. The summed E-state index contributed by atoms with van der Waals surface area (Å²) < 4.78 is 14.5. The topological polar surface area (TPSA) is 118 Å². The van der Waals surface area contributed by atoms with Crippen molar-refractivity contribution < 1.29 is 28.6 Å². The molecular formula is C17H23N3O6. The van der Waals surface area contributed by atoms with Gasteiger partial charge < -0.3 is 19.1 Å². The highest BCUT2D eigenvalue weighted by Gasteiger charge is 2.14. The van der Waals surface area contributed by atoms with Crippen LogP contribution in [0.1, 0.15) is 12.5 Å². The average molecular weight is 365 g/mol. The summed E-state index contributed by atoms with van der Waals surface area (Å²) in [4.78, 5) is 35.7. The number of hydrogen-bond donors (Lipinski definition) is 2. The monoisotopic (exact) mass is 365 g/mol. The Morgan fingerprint density at radius 1 is 1.04 bits per heavy atom. The van der Waals surface area contributed by atoms with E-state index in [0.717, 1.165) is 5.56 Å². The van der Waals surface area contributed by atoms with Gasteiger partial charge in [0, 0.05) is 7.05 Å². The standard InChI is InChI=1S/C17H23N3O6/c1-3-24-15(22)12-20(2)16(18)19-17(23)26-10-9-25-14(21)11-13-7-5-4-6-8-13/h4-8H,3,9-12H2,1-2H3,(H2,18,19,23). The van der Waals surface area contributed by atoms with Crippen LogP contribution in [-0.2, 0) is 30.2 Å². The third-order valence-corrected chi connectivity index (χ3v) is 3.04. The van der Waals surface area contributed by atoms with Crippen LogP contribution in [0.25, 0.3) is 0 Å². The van der Waals surface area contributed by atoms with Crippen molar-refractivity contribution in [1.29, 1.82) is 5.41 Å². The molecule has 1 rings (SSSR count). The molecule has 26 heavy (non-hydrogen) atoms. The van der Waals surface area contributed by atoms with E-state index in [2.05, 4.69) is 5.32 Å². The first-order chi connectivity index (χ1) is 12.4. The smallest absolute Gasteiger partial charge is 0.414 e. The van der Waals surface area contributed by atoms with Crippen molar-refractivity contribution in [1.82, 2.24) is 10.2 Å². The molecule has 142 valence electrons. The van der Waals surface area contributed by atoms with Crippen molar-refractivity contribution in [3.8, 4) is 0 Å². The van der Waals surface area contributed by atoms with Gasteiger partial charge in [0.15, 0.2) is 0 Å². The van der Waals surface area contributed by atoms with Crippen molar-refractivity contribution >= 4 is 24.0 Å². The van der Waals surface area contributed by atoms with Crippen LogP contribution in [0, 0.1) is 5.41 Å². The van der Waals surface area contributed by atoms with Gasteiger partial charge in [-0.15, -0.1) is 0 Å². The molecule has 0 radical (unpaired) electrons. The number of likely N-dealkylation sites (N-methyl/N-ethyl adjacent to an activating group) is 1.